The average Bonchev–Trinajstić information content (AvgIpc) is 3.43. The molecule has 1 aromatic heterocycles. The second-order valence-electron chi connectivity index (χ2n) is 8.48. The Morgan fingerprint density at radius 2 is 2.10 bits per heavy atom. The van der Waals surface area contributed by atoms with Crippen LogP contribution in [0.2, 0.25) is 0 Å². The standard InChI is InChI=1S/C23H31N3O3/c1-17-6-4-9-19(14-17)23(27)26-12-5-10-20(15-26)22-24-21(25-29-22)11-13-28-16-18-7-2-3-8-18/h4,6,9,14,18,20H,2-3,5,7-8,10-13,15-16H2,1H3. The van der Waals surface area contributed by atoms with Crippen LogP contribution in [0.4, 0.5) is 0 Å². The number of amides is 1. The number of aryl methyl sites for hydroxylation is 1. The van der Waals surface area contributed by atoms with Crippen LogP contribution in [0.5, 0.6) is 0 Å². The van der Waals surface area contributed by atoms with E-state index in [-0.39, 0.29) is 11.8 Å². The summed E-state index contributed by atoms with van der Waals surface area (Å²) in [6.45, 7) is 4.90. The van der Waals surface area contributed by atoms with Gasteiger partial charge in [-0.1, -0.05) is 35.7 Å². The van der Waals surface area contributed by atoms with Gasteiger partial charge in [0.2, 0.25) is 5.89 Å². The van der Waals surface area contributed by atoms with Crippen LogP contribution in [-0.4, -0.2) is 47.3 Å². The lowest BCUT2D eigenvalue weighted by molar-refractivity contribution is 0.0695. The molecule has 0 spiro atoms. The molecule has 156 valence electrons. The smallest absolute Gasteiger partial charge is 0.253 e. The van der Waals surface area contributed by atoms with Gasteiger partial charge in [-0.2, -0.15) is 4.98 Å². The summed E-state index contributed by atoms with van der Waals surface area (Å²) in [5.41, 5.74) is 1.84. The third-order valence-corrected chi connectivity index (χ3v) is 6.10. The maximum Gasteiger partial charge on any atom is 0.253 e. The Bertz CT molecular complexity index is 813. The lowest BCUT2D eigenvalue weighted by atomic mass is 9.97. The number of hydrogen-bond donors (Lipinski definition) is 0. The predicted octanol–water partition coefficient (Wildman–Crippen LogP) is 4.15. The van der Waals surface area contributed by atoms with Gasteiger partial charge in [-0.25, -0.2) is 0 Å². The molecule has 0 radical (unpaired) electrons. The van der Waals surface area contributed by atoms with Crippen molar-refractivity contribution in [3.63, 3.8) is 0 Å². The molecule has 1 aliphatic carbocycles. The Balaban J connectivity index is 1.28. The van der Waals surface area contributed by atoms with Crippen molar-refractivity contribution < 1.29 is 14.1 Å². The largest absolute Gasteiger partial charge is 0.381 e. The van der Waals surface area contributed by atoms with E-state index in [4.69, 9.17) is 9.26 Å². The zero-order chi connectivity index (χ0) is 20.1. The van der Waals surface area contributed by atoms with Gasteiger partial charge in [-0.3, -0.25) is 4.79 Å². The number of rotatable bonds is 7. The monoisotopic (exact) mass is 397 g/mol. The van der Waals surface area contributed by atoms with Gasteiger partial charge in [0.1, 0.15) is 0 Å². The van der Waals surface area contributed by atoms with Crippen LogP contribution in [0.15, 0.2) is 28.8 Å². The molecule has 6 heteroatoms. The average molecular weight is 398 g/mol. The fourth-order valence-corrected chi connectivity index (χ4v) is 4.45. The van der Waals surface area contributed by atoms with Gasteiger partial charge >= 0.3 is 0 Å². The van der Waals surface area contributed by atoms with Crippen molar-refractivity contribution >= 4 is 5.91 Å². The lowest BCUT2D eigenvalue weighted by Crippen LogP contribution is -2.39. The first-order valence-electron chi connectivity index (χ1n) is 10.9. The molecular weight excluding hydrogens is 366 g/mol. The molecule has 1 aromatic carbocycles. The van der Waals surface area contributed by atoms with E-state index in [1.54, 1.807) is 0 Å². The van der Waals surface area contributed by atoms with Gasteiger partial charge in [0, 0.05) is 31.7 Å². The zero-order valence-electron chi connectivity index (χ0n) is 17.3. The minimum atomic E-state index is 0.0819. The second kappa shape index (κ2) is 9.53. The van der Waals surface area contributed by atoms with E-state index in [9.17, 15) is 4.79 Å². The van der Waals surface area contributed by atoms with Crippen LogP contribution in [-0.2, 0) is 11.2 Å². The third-order valence-electron chi connectivity index (χ3n) is 6.10. The highest BCUT2D eigenvalue weighted by Gasteiger charge is 2.29. The van der Waals surface area contributed by atoms with Gasteiger partial charge in [-0.15, -0.1) is 0 Å². The fourth-order valence-electron chi connectivity index (χ4n) is 4.45. The fraction of sp³-hybridized carbons (Fsp3) is 0.609. The molecule has 0 N–H and O–H groups in total. The Hall–Kier alpha value is -2.21. The van der Waals surface area contributed by atoms with Crippen molar-refractivity contribution in [2.75, 3.05) is 26.3 Å². The highest BCUT2D eigenvalue weighted by atomic mass is 16.5. The summed E-state index contributed by atoms with van der Waals surface area (Å²) in [5.74, 6) is 2.28. The summed E-state index contributed by atoms with van der Waals surface area (Å²) in [6, 6.07) is 7.77. The van der Waals surface area contributed by atoms with Crippen molar-refractivity contribution in [2.45, 2.75) is 57.8 Å². The lowest BCUT2D eigenvalue weighted by Gasteiger charge is -2.31. The summed E-state index contributed by atoms with van der Waals surface area (Å²) >= 11 is 0. The van der Waals surface area contributed by atoms with E-state index < -0.39 is 0 Å². The maximum absolute atomic E-state index is 12.9. The maximum atomic E-state index is 12.9. The summed E-state index contributed by atoms with van der Waals surface area (Å²) in [5, 5.41) is 4.13. The molecule has 4 rings (SSSR count). The summed E-state index contributed by atoms with van der Waals surface area (Å²) in [6.07, 6.45) is 7.87. The summed E-state index contributed by atoms with van der Waals surface area (Å²) in [7, 11) is 0. The van der Waals surface area contributed by atoms with Crippen molar-refractivity contribution in [3.8, 4) is 0 Å². The molecule has 0 bridgehead atoms. The molecule has 1 atom stereocenters. The van der Waals surface area contributed by atoms with Crippen LogP contribution in [0.3, 0.4) is 0 Å². The molecule has 2 aliphatic rings. The molecule has 1 saturated carbocycles. The molecule has 1 saturated heterocycles. The SMILES string of the molecule is Cc1cccc(C(=O)N2CCCC(c3nc(CCOCC4CCCC4)no3)C2)c1. The molecule has 1 aliphatic heterocycles. The first-order chi connectivity index (χ1) is 14.2. The number of carbonyl (C=O) groups is 1. The van der Waals surface area contributed by atoms with Gasteiger partial charge in [0.05, 0.1) is 12.5 Å². The minimum Gasteiger partial charge on any atom is -0.381 e. The first-order valence-corrected chi connectivity index (χ1v) is 10.9. The van der Waals surface area contributed by atoms with Crippen LogP contribution in [0.1, 0.15) is 72.1 Å². The van der Waals surface area contributed by atoms with Crippen molar-refractivity contribution in [1.29, 1.82) is 0 Å². The minimum absolute atomic E-state index is 0.0819. The van der Waals surface area contributed by atoms with E-state index in [0.717, 1.165) is 43.0 Å². The molecule has 2 heterocycles. The van der Waals surface area contributed by atoms with E-state index >= 15 is 0 Å². The highest BCUT2D eigenvalue weighted by molar-refractivity contribution is 5.94. The normalized spacial score (nSPS) is 20.3. The number of benzene rings is 1. The van der Waals surface area contributed by atoms with E-state index in [1.165, 1.54) is 25.7 Å². The molecule has 6 nitrogen and oxygen atoms in total. The molecule has 2 fully saturated rings. The van der Waals surface area contributed by atoms with Crippen molar-refractivity contribution in [1.82, 2.24) is 15.0 Å². The molecule has 29 heavy (non-hydrogen) atoms. The zero-order valence-corrected chi connectivity index (χ0v) is 17.3. The quantitative estimate of drug-likeness (QED) is 0.657. The number of aromatic nitrogens is 2. The second-order valence-corrected chi connectivity index (χ2v) is 8.48. The summed E-state index contributed by atoms with van der Waals surface area (Å²) in [4.78, 5) is 19.4. The molecule has 1 unspecified atom stereocenters. The Morgan fingerprint density at radius 1 is 1.24 bits per heavy atom. The van der Waals surface area contributed by atoms with E-state index in [0.29, 0.717) is 31.3 Å². The number of hydrogen-bond acceptors (Lipinski definition) is 5. The number of likely N-dealkylation sites (tertiary alicyclic amines) is 1. The number of nitrogens with zero attached hydrogens (tertiary/aromatic N) is 3. The van der Waals surface area contributed by atoms with Crippen LogP contribution >= 0.6 is 0 Å². The van der Waals surface area contributed by atoms with Crippen LogP contribution in [0.25, 0.3) is 0 Å². The Kier molecular flexibility index (Phi) is 6.60. The van der Waals surface area contributed by atoms with Crippen molar-refractivity contribution in [2.24, 2.45) is 5.92 Å². The number of ether oxygens (including phenoxy) is 1. The topological polar surface area (TPSA) is 68.5 Å². The van der Waals surface area contributed by atoms with Gasteiger partial charge in [0.25, 0.3) is 5.91 Å². The molecule has 2 aromatic rings. The predicted molar refractivity (Wildman–Crippen MR) is 110 cm³/mol. The number of carbonyl (C=O) groups excluding carboxylic acids is 1. The highest BCUT2D eigenvalue weighted by Crippen LogP contribution is 2.27. The van der Waals surface area contributed by atoms with Crippen molar-refractivity contribution in [3.05, 3.63) is 47.1 Å². The Labute approximate surface area is 172 Å². The first kappa shape index (κ1) is 20.1. The summed E-state index contributed by atoms with van der Waals surface area (Å²) < 4.78 is 11.3. The number of piperidine rings is 1. The Morgan fingerprint density at radius 3 is 2.93 bits per heavy atom. The van der Waals surface area contributed by atoms with Crippen LogP contribution < -0.4 is 0 Å². The van der Waals surface area contributed by atoms with Crippen LogP contribution in [0, 0.1) is 12.8 Å². The molecular formula is C23H31N3O3. The van der Waals surface area contributed by atoms with Gasteiger partial charge in [0.15, 0.2) is 5.82 Å². The van der Waals surface area contributed by atoms with Gasteiger partial charge < -0.3 is 14.2 Å². The van der Waals surface area contributed by atoms with E-state index in [2.05, 4.69) is 10.1 Å². The van der Waals surface area contributed by atoms with Gasteiger partial charge in [-0.05, 0) is 50.7 Å². The third kappa shape index (κ3) is 5.24. The van der Waals surface area contributed by atoms with E-state index in [1.807, 2.05) is 36.1 Å². The molecule has 1 amide bonds.